The number of nitrogens with one attached hydrogen (secondary N) is 1. The number of amides is 1. The molecule has 0 saturated carbocycles. The van der Waals surface area contributed by atoms with Crippen LogP contribution >= 0.6 is 0 Å². The zero-order chi connectivity index (χ0) is 15.5. The number of carbonyl (C=O) groups excluding carboxylic acids is 1. The summed E-state index contributed by atoms with van der Waals surface area (Å²) in [4.78, 5) is 21.8. The van der Waals surface area contributed by atoms with E-state index in [0.717, 1.165) is 5.56 Å². The summed E-state index contributed by atoms with van der Waals surface area (Å²) in [5.41, 5.74) is 5.40. The third-order valence-electron chi connectivity index (χ3n) is 2.57. The van der Waals surface area contributed by atoms with Gasteiger partial charge in [0.05, 0.1) is 11.0 Å². The van der Waals surface area contributed by atoms with Crippen molar-refractivity contribution >= 4 is 16.9 Å². The minimum atomic E-state index is -0.973. The summed E-state index contributed by atoms with van der Waals surface area (Å²) < 4.78 is 5.55. The molecule has 7 nitrogen and oxygen atoms in total. The third-order valence-corrected chi connectivity index (χ3v) is 2.57. The fourth-order valence-corrected chi connectivity index (χ4v) is 1.72. The van der Waals surface area contributed by atoms with Crippen molar-refractivity contribution in [2.75, 3.05) is 6.61 Å². The molecule has 0 aliphatic carbocycles. The molecule has 0 unspecified atom stereocenters. The maximum Gasteiger partial charge on any atom is 0.293 e. The predicted octanol–water partition coefficient (Wildman–Crippen LogP) is 0.139. The molecule has 0 radical (unpaired) electrons. The molecule has 7 heteroatoms. The van der Waals surface area contributed by atoms with E-state index in [0.29, 0.717) is 23.3 Å². The molecule has 2 heterocycles. The summed E-state index contributed by atoms with van der Waals surface area (Å²) >= 11 is 0. The van der Waals surface area contributed by atoms with Crippen LogP contribution in [0.2, 0.25) is 0 Å². The number of fused-ring (bicyclic) bond motifs is 1. The van der Waals surface area contributed by atoms with Crippen LogP contribution in [0.3, 0.4) is 0 Å². The SMILES string of the molecule is CC(C)(O)COc1ncnc2[nH]cc(CC#CC(N)=O)c12. The van der Waals surface area contributed by atoms with E-state index in [-0.39, 0.29) is 6.61 Å². The quantitative estimate of drug-likeness (QED) is 0.692. The van der Waals surface area contributed by atoms with Gasteiger partial charge in [-0.3, -0.25) is 4.79 Å². The van der Waals surface area contributed by atoms with E-state index in [4.69, 9.17) is 10.5 Å². The summed E-state index contributed by atoms with van der Waals surface area (Å²) in [6, 6.07) is 0. The molecule has 21 heavy (non-hydrogen) atoms. The Bertz CT molecular complexity index is 719. The van der Waals surface area contributed by atoms with Crippen molar-refractivity contribution in [2.24, 2.45) is 5.73 Å². The highest BCUT2D eigenvalue weighted by molar-refractivity contribution is 5.92. The molecule has 0 aromatic carbocycles. The number of aromatic amines is 1. The molecule has 0 bridgehead atoms. The number of hydrogen-bond acceptors (Lipinski definition) is 5. The first-order chi connectivity index (χ1) is 9.87. The molecule has 2 aromatic rings. The highest BCUT2D eigenvalue weighted by atomic mass is 16.5. The number of aromatic nitrogens is 3. The van der Waals surface area contributed by atoms with Crippen LogP contribution in [0.5, 0.6) is 5.88 Å². The number of primary amides is 1. The summed E-state index contributed by atoms with van der Waals surface area (Å²) in [6.07, 6.45) is 3.42. The molecule has 0 atom stereocenters. The van der Waals surface area contributed by atoms with E-state index in [2.05, 4.69) is 26.8 Å². The third kappa shape index (κ3) is 3.94. The van der Waals surface area contributed by atoms with Gasteiger partial charge in [0.25, 0.3) is 5.91 Å². The van der Waals surface area contributed by atoms with Gasteiger partial charge < -0.3 is 20.6 Å². The molecular weight excluding hydrogens is 272 g/mol. The average Bonchev–Trinajstić information content (AvgIpc) is 2.79. The number of carbonyl (C=O) groups is 1. The Morgan fingerprint density at radius 1 is 1.52 bits per heavy atom. The minimum absolute atomic E-state index is 0.0939. The average molecular weight is 288 g/mol. The van der Waals surface area contributed by atoms with Crippen LogP contribution in [-0.2, 0) is 11.2 Å². The van der Waals surface area contributed by atoms with Crippen molar-refractivity contribution in [3.8, 4) is 17.7 Å². The standard InChI is InChI=1S/C14H16N4O3/c1-14(2,20)7-21-13-11-9(4-3-5-10(15)19)6-16-12(11)17-8-18-13/h6,8,20H,4,7H2,1-2H3,(H2,15,19)(H,16,17,18). The van der Waals surface area contributed by atoms with Crippen LogP contribution in [-0.4, -0.2) is 38.2 Å². The largest absolute Gasteiger partial charge is 0.474 e. The molecular formula is C14H16N4O3. The van der Waals surface area contributed by atoms with Crippen LogP contribution in [0.15, 0.2) is 12.5 Å². The monoisotopic (exact) mass is 288 g/mol. The Kier molecular flexibility index (Phi) is 4.10. The Hall–Kier alpha value is -2.59. The Labute approximate surface area is 121 Å². The van der Waals surface area contributed by atoms with Gasteiger partial charge >= 0.3 is 0 Å². The van der Waals surface area contributed by atoms with E-state index in [1.54, 1.807) is 20.0 Å². The maximum atomic E-state index is 10.6. The lowest BCUT2D eigenvalue weighted by Gasteiger charge is -2.17. The number of hydrogen-bond donors (Lipinski definition) is 3. The molecule has 2 rings (SSSR count). The lowest BCUT2D eigenvalue weighted by molar-refractivity contribution is -0.112. The van der Waals surface area contributed by atoms with Crippen LogP contribution in [0.25, 0.3) is 11.0 Å². The molecule has 110 valence electrons. The van der Waals surface area contributed by atoms with Gasteiger partial charge in [-0.15, -0.1) is 0 Å². The van der Waals surface area contributed by atoms with Crippen molar-refractivity contribution in [2.45, 2.75) is 25.9 Å². The molecule has 2 aromatic heterocycles. The number of nitrogens with zero attached hydrogens (tertiary/aromatic N) is 2. The van der Waals surface area contributed by atoms with Crippen molar-refractivity contribution in [1.82, 2.24) is 15.0 Å². The minimum Gasteiger partial charge on any atom is -0.474 e. The van der Waals surface area contributed by atoms with Crippen molar-refractivity contribution in [3.05, 3.63) is 18.1 Å². The Balaban J connectivity index is 2.31. The molecule has 0 fully saturated rings. The van der Waals surface area contributed by atoms with E-state index in [1.807, 2.05) is 0 Å². The van der Waals surface area contributed by atoms with E-state index >= 15 is 0 Å². The first-order valence-electron chi connectivity index (χ1n) is 6.31. The van der Waals surface area contributed by atoms with Crippen LogP contribution < -0.4 is 10.5 Å². The Morgan fingerprint density at radius 3 is 2.95 bits per heavy atom. The van der Waals surface area contributed by atoms with Gasteiger partial charge in [-0.1, -0.05) is 5.92 Å². The predicted molar refractivity (Wildman–Crippen MR) is 76.4 cm³/mol. The topological polar surface area (TPSA) is 114 Å². The van der Waals surface area contributed by atoms with E-state index in [9.17, 15) is 9.90 Å². The van der Waals surface area contributed by atoms with Gasteiger partial charge in [0.15, 0.2) is 0 Å². The summed E-state index contributed by atoms with van der Waals surface area (Å²) in [5.74, 6) is 4.64. The van der Waals surface area contributed by atoms with Crippen LogP contribution in [0.4, 0.5) is 0 Å². The molecule has 4 N–H and O–H groups in total. The number of aliphatic hydroxyl groups is 1. The lowest BCUT2D eigenvalue weighted by Crippen LogP contribution is -2.28. The molecule has 0 aliphatic rings. The van der Waals surface area contributed by atoms with Gasteiger partial charge in [0.2, 0.25) is 5.88 Å². The molecule has 0 spiro atoms. The summed E-state index contributed by atoms with van der Waals surface area (Å²) in [7, 11) is 0. The zero-order valence-electron chi connectivity index (χ0n) is 11.8. The fourth-order valence-electron chi connectivity index (χ4n) is 1.72. The fraction of sp³-hybridized carbons (Fsp3) is 0.357. The molecule has 0 saturated heterocycles. The molecule has 0 aliphatic heterocycles. The second-order valence-electron chi connectivity index (χ2n) is 5.16. The van der Waals surface area contributed by atoms with Gasteiger partial charge in [-0.2, -0.15) is 0 Å². The number of ether oxygens (including phenoxy) is 1. The number of H-pyrrole nitrogens is 1. The smallest absolute Gasteiger partial charge is 0.293 e. The van der Waals surface area contributed by atoms with Gasteiger partial charge in [-0.05, 0) is 25.3 Å². The molecule has 1 amide bonds. The van der Waals surface area contributed by atoms with Crippen LogP contribution in [0.1, 0.15) is 19.4 Å². The second kappa shape index (κ2) is 5.81. The van der Waals surface area contributed by atoms with Crippen molar-refractivity contribution in [1.29, 1.82) is 0 Å². The summed E-state index contributed by atoms with van der Waals surface area (Å²) in [6.45, 7) is 3.38. The second-order valence-corrected chi connectivity index (χ2v) is 5.16. The van der Waals surface area contributed by atoms with Crippen molar-refractivity contribution < 1.29 is 14.6 Å². The van der Waals surface area contributed by atoms with Crippen molar-refractivity contribution in [3.63, 3.8) is 0 Å². The normalized spacial score (nSPS) is 11.0. The maximum absolute atomic E-state index is 10.6. The lowest BCUT2D eigenvalue weighted by atomic mass is 10.1. The zero-order valence-corrected chi connectivity index (χ0v) is 11.8. The first-order valence-corrected chi connectivity index (χ1v) is 6.31. The summed E-state index contributed by atoms with van der Waals surface area (Å²) in [5, 5.41) is 10.4. The van der Waals surface area contributed by atoms with Gasteiger partial charge in [0.1, 0.15) is 18.6 Å². The highest BCUT2D eigenvalue weighted by Crippen LogP contribution is 2.25. The number of rotatable bonds is 4. The van der Waals surface area contributed by atoms with Gasteiger partial charge in [-0.25, -0.2) is 9.97 Å². The first kappa shape index (κ1) is 14.8. The van der Waals surface area contributed by atoms with E-state index < -0.39 is 11.5 Å². The van der Waals surface area contributed by atoms with Crippen LogP contribution in [0, 0.1) is 11.8 Å². The number of nitrogens with two attached hydrogens (primary N) is 1. The Morgan fingerprint density at radius 2 is 2.29 bits per heavy atom. The highest BCUT2D eigenvalue weighted by Gasteiger charge is 2.17. The van der Waals surface area contributed by atoms with Gasteiger partial charge in [0, 0.05) is 12.6 Å². The van der Waals surface area contributed by atoms with E-state index in [1.165, 1.54) is 6.33 Å².